The summed E-state index contributed by atoms with van der Waals surface area (Å²) in [5.41, 5.74) is 0.763. The Hall–Kier alpha value is -1.46. The first-order chi connectivity index (χ1) is 8.99. The monoisotopic (exact) mass is 287 g/mol. The minimum absolute atomic E-state index is 0.333. The lowest BCUT2D eigenvalue weighted by molar-refractivity contribution is -0.139. The van der Waals surface area contributed by atoms with Crippen LogP contribution in [0.25, 0.3) is 0 Å². The molecule has 1 unspecified atom stereocenters. The summed E-state index contributed by atoms with van der Waals surface area (Å²) < 4.78 is 10.8. The SMILES string of the molecule is CCOc1c(CNC(C)C(=O)O)cc(Cl)cc1OC. The number of benzene rings is 1. The molecule has 106 valence electrons. The third-order valence-electron chi connectivity index (χ3n) is 2.57. The van der Waals surface area contributed by atoms with Crippen molar-refractivity contribution in [2.75, 3.05) is 13.7 Å². The van der Waals surface area contributed by atoms with E-state index in [4.69, 9.17) is 26.2 Å². The highest BCUT2D eigenvalue weighted by Gasteiger charge is 2.15. The van der Waals surface area contributed by atoms with Gasteiger partial charge in [0.1, 0.15) is 6.04 Å². The Morgan fingerprint density at radius 1 is 1.53 bits per heavy atom. The number of methoxy groups -OCH3 is 1. The first-order valence-electron chi connectivity index (χ1n) is 5.95. The molecule has 1 aromatic carbocycles. The molecule has 0 bridgehead atoms. The third-order valence-corrected chi connectivity index (χ3v) is 2.79. The van der Waals surface area contributed by atoms with Gasteiger partial charge in [-0.15, -0.1) is 0 Å². The molecule has 2 N–H and O–H groups in total. The van der Waals surface area contributed by atoms with Crippen molar-refractivity contribution in [2.45, 2.75) is 26.4 Å². The number of carboxylic acid groups (broad SMARTS) is 1. The maximum atomic E-state index is 10.8. The van der Waals surface area contributed by atoms with Gasteiger partial charge in [0, 0.05) is 23.2 Å². The summed E-state index contributed by atoms with van der Waals surface area (Å²) in [6, 6.07) is 2.74. The first kappa shape index (κ1) is 15.6. The van der Waals surface area contributed by atoms with Crippen LogP contribution in [0.4, 0.5) is 0 Å². The van der Waals surface area contributed by atoms with E-state index in [1.165, 1.54) is 7.11 Å². The molecule has 0 aliphatic rings. The standard InChI is InChI=1S/C13H18ClNO4/c1-4-19-12-9(7-15-8(2)13(16)17)5-10(14)6-11(12)18-3/h5-6,8,15H,4,7H2,1-3H3,(H,16,17). The Kier molecular flexibility index (Phi) is 5.92. The first-order valence-corrected chi connectivity index (χ1v) is 6.32. The summed E-state index contributed by atoms with van der Waals surface area (Å²) in [5, 5.41) is 12.2. The van der Waals surface area contributed by atoms with Gasteiger partial charge in [-0.25, -0.2) is 0 Å². The van der Waals surface area contributed by atoms with Crippen LogP contribution < -0.4 is 14.8 Å². The van der Waals surface area contributed by atoms with Crippen molar-refractivity contribution in [2.24, 2.45) is 0 Å². The molecule has 0 saturated carbocycles. The fourth-order valence-corrected chi connectivity index (χ4v) is 1.79. The molecule has 1 rings (SSSR count). The van der Waals surface area contributed by atoms with Crippen LogP contribution in [0.15, 0.2) is 12.1 Å². The average Bonchev–Trinajstić information content (AvgIpc) is 2.37. The number of hydrogen-bond donors (Lipinski definition) is 2. The average molecular weight is 288 g/mol. The Bertz CT molecular complexity index is 451. The highest BCUT2D eigenvalue weighted by molar-refractivity contribution is 6.30. The second kappa shape index (κ2) is 7.21. The minimum Gasteiger partial charge on any atom is -0.493 e. The molecule has 0 radical (unpaired) electrons. The highest BCUT2D eigenvalue weighted by atomic mass is 35.5. The van der Waals surface area contributed by atoms with E-state index >= 15 is 0 Å². The second-order valence-corrected chi connectivity index (χ2v) is 4.41. The Morgan fingerprint density at radius 2 is 2.21 bits per heavy atom. The lowest BCUT2D eigenvalue weighted by Crippen LogP contribution is -2.33. The van der Waals surface area contributed by atoms with Crippen LogP contribution in [0.1, 0.15) is 19.4 Å². The summed E-state index contributed by atoms with van der Waals surface area (Å²) in [6.45, 7) is 4.26. The van der Waals surface area contributed by atoms with Crippen molar-refractivity contribution in [1.29, 1.82) is 0 Å². The molecule has 19 heavy (non-hydrogen) atoms. The molecule has 0 fully saturated rings. The van der Waals surface area contributed by atoms with Crippen molar-refractivity contribution in [3.05, 3.63) is 22.7 Å². The largest absolute Gasteiger partial charge is 0.493 e. The van der Waals surface area contributed by atoms with E-state index in [9.17, 15) is 4.79 Å². The van der Waals surface area contributed by atoms with E-state index in [2.05, 4.69) is 5.32 Å². The van der Waals surface area contributed by atoms with Crippen LogP contribution in [0.3, 0.4) is 0 Å². The molecule has 0 aromatic heterocycles. The van der Waals surface area contributed by atoms with Crippen LogP contribution in [0, 0.1) is 0 Å². The summed E-state index contributed by atoms with van der Waals surface area (Å²) >= 11 is 6.00. The number of carboxylic acids is 1. The summed E-state index contributed by atoms with van der Waals surface area (Å²) in [6.07, 6.45) is 0. The summed E-state index contributed by atoms with van der Waals surface area (Å²) in [7, 11) is 1.53. The molecule has 1 aromatic rings. The minimum atomic E-state index is -0.910. The van der Waals surface area contributed by atoms with Gasteiger partial charge >= 0.3 is 5.97 Å². The van der Waals surface area contributed by atoms with E-state index in [0.717, 1.165) is 5.56 Å². The molecular weight excluding hydrogens is 270 g/mol. The number of rotatable bonds is 7. The quantitative estimate of drug-likeness (QED) is 0.805. The third kappa shape index (κ3) is 4.29. The number of aliphatic carboxylic acids is 1. The van der Waals surface area contributed by atoms with Gasteiger partial charge in [0.15, 0.2) is 11.5 Å². The molecule has 1 atom stereocenters. The number of nitrogens with one attached hydrogen (secondary N) is 1. The van der Waals surface area contributed by atoms with Crippen LogP contribution >= 0.6 is 11.6 Å². The molecule has 0 heterocycles. The number of carbonyl (C=O) groups is 1. The van der Waals surface area contributed by atoms with Crippen LogP contribution in [0.2, 0.25) is 5.02 Å². The summed E-state index contributed by atoms with van der Waals surface area (Å²) in [5.74, 6) is 0.209. The maximum absolute atomic E-state index is 10.8. The Balaban J connectivity index is 2.97. The van der Waals surface area contributed by atoms with E-state index in [1.807, 2.05) is 6.92 Å². The van der Waals surface area contributed by atoms with Gasteiger partial charge in [0.05, 0.1) is 13.7 Å². The summed E-state index contributed by atoms with van der Waals surface area (Å²) in [4.78, 5) is 10.8. The molecule has 0 saturated heterocycles. The molecule has 0 spiro atoms. The second-order valence-electron chi connectivity index (χ2n) is 3.97. The van der Waals surface area contributed by atoms with Crippen molar-refractivity contribution >= 4 is 17.6 Å². The molecule has 5 nitrogen and oxygen atoms in total. The van der Waals surface area contributed by atoms with Crippen LogP contribution in [-0.2, 0) is 11.3 Å². The van der Waals surface area contributed by atoms with Gasteiger partial charge in [-0.2, -0.15) is 0 Å². The van der Waals surface area contributed by atoms with Gasteiger partial charge < -0.3 is 19.9 Å². The fraction of sp³-hybridized carbons (Fsp3) is 0.462. The zero-order valence-corrected chi connectivity index (χ0v) is 12.0. The van der Waals surface area contributed by atoms with Gasteiger partial charge in [-0.1, -0.05) is 11.6 Å². The van der Waals surface area contributed by atoms with E-state index in [1.54, 1.807) is 19.1 Å². The van der Waals surface area contributed by atoms with E-state index < -0.39 is 12.0 Å². The lowest BCUT2D eigenvalue weighted by Gasteiger charge is -2.16. The number of ether oxygens (including phenoxy) is 2. The van der Waals surface area contributed by atoms with E-state index in [-0.39, 0.29) is 0 Å². The van der Waals surface area contributed by atoms with Crippen molar-refractivity contribution in [3.8, 4) is 11.5 Å². The van der Waals surface area contributed by atoms with Gasteiger partial charge in [0.25, 0.3) is 0 Å². The molecule has 0 aliphatic carbocycles. The van der Waals surface area contributed by atoms with Crippen molar-refractivity contribution in [3.63, 3.8) is 0 Å². The zero-order chi connectivity index (χ0) is 14.4. The van der Waals surface area contributed by atoms with Crippen molar-refractivity contribution in [1.82, 2.24) is 5.32 Å². The van der Waals surface area contributed by atoms with E-state index in [0.29, 0.717) is 29.7 Å². The van der Waals surface area contributed by atoms with Gasteiger partial charge in [0.2, 0.25) is 0 Å². The smallest absolute Gasteiger partial charge is 0.320 e. The van der Waals surface area contributed by atoms with Gasteiger partial charge in [-0.05, 0) is 19.9 Å². The molecule has 6 heteroatoms. The molecular formula is C13H18ClNO4. The topological polar surface area (TPSA) is 67.8 Å². The van der Waals surface area contributed by atoms with Crippen molar-refractivity contribution < 1.29 is 19.4 Å². The van der Waals surface area contributed by atoms with Gasteiger partial charge in [-0.3, -0.25) is 4.79 Å². The normalized spacial score (nSPS) is 12.0. The molecule has 0 amide bonds. The predicted octanol–water partition coefficient (Wildman–Crippen LogP) is 2.31. The Labute approximate surface area is 117 Å². The van der Waals surface area contributed by atoms with Crippen LogP contribution in [-0.4, -0.2) is 30.8 Å². The van der Waals surface area contributed by atoms with Crippen LogP contribution in [0.5, 0.6) is 11.5 Å². The number of halogens is 1. The maximum Gasteiger partial charge on any atom is 0.320 e. The molecule has 0 aliphatic heterocycles. The highest BCUT2D eigenvalue weighted by Crippen LogP contribution is 2.34. The zero-order valence-electron chi connectivity index (χ0n) is 11.2. The lowest BCUT2D eigenvalue weighted by atomic mass is 10.1. The number of hydrogen-bond acceptors (Lipinski definition) is 4. The fourth-order valence-electron chi connectivity index (χ4n) is 1.56. The predicted molar refractivity (Wildman–Crippen MR) is 73.1 cm³/mol. The Morgan fingerprint density at radius 3 is 2.74 bits per heavy atom.